The standard InChI is InChI=1S/C10H17BN2O/c12-8-11-4-1-9(2-5-11)13-6-3-10(14)7-13/h9-10,14H,1-7H2. The highest BCUT2D eigenvalue weighted by Crippen LogP contribution is 2.26. The summed E-state index contributed by atoms with van der Waals surface area (Å²) in [6, 6.07) is 0.636. The number of β-amino-alcohol motifs (C(OH)–C–C–N with tert-alkyl or cyclic N) is 1. The molecular formula is C10H17BN2O. The molecule has 0 amide bonds. The van der Waals surface area contributed by atoms with Crippen LogP contribution in [0.2, 0.25) is 12.6 Å². The molecule has 14 heavy (non-hydrogen) atoms. The van der Waals surface area contributed by atoms with Crippen molar-refractivity contribution in [2.45, 2.75) is 44.0 Å². The van der Waals surface area contributed by atoms with Gasteiger partial charge in [-0.25, -0.2) is 5.26 Å². The zero-order chi connectivity index (χ0) is 9.97. The van der Waals surface area contributed by atoms with E-state index < -0.39 is 0 Å². The maximum absolute atomic E-state index is 9.43. The van der Waals surface area contributed by atoms with Gasteiger partial charge >= 0.3 is 0 Å². The van der Waals surface area contributed by atoms with Crippen molar-refractivity contribution in [3.63, 3.8) is 0 Å². The molecule has 1 unspecified atom stereocenters. The van der Waals surface area contributed by atoms with Crippen molar-refractivity contribution < 1.29 is 5.11 Å². The van der Waals surface area contributed by atoms with Crippen LogP contribution in [-0.4, -0.2) is 42.0 Å². The molecule has 4 heteroatoms. The van der Waals surface area contributed by atoms with Crippen molar-refractivity contribution >= 4 is 6.71 Å². The van der Waals surface area contributed by atoms with Crippen molar-refractivity contribution in [2.24, 2.45) is 0 Å². The highest BCUT2D eigenvalue weighted by atomic mass is 16.3. The molecular weight excluding hydrogens is 175 g/mol. The smallest absolute Gasteiger partial charge is 0.267 e. The molecule has 0 aromatic heterocycles. The first-order valence-electron chi connectivity index (χ1n) is 5.61. The Kier molecular flexibility index (Phi) is 3.10. The van der Waals surface area contributed by atoms with Crippen LogP contribution in [0.15, 0.2) is 0 Å². The lowest BCUT2D eigenvalue weighted by atomic mass is 9.42. The van der Waals surface area contributed by atoms with Crippen LogP contribution in [0.3, 0.4) is 0 Å². The Labute approximate surface area is 85.8 Å². The molecule has 1 atom stereocenters. The number of aliphatic hydroxyl groups excluding tert-OH is 1. The van der Waals surface area contributed by atoms with Crippen LogP contribution in [0.4, 0.5) is 0 Å². The summed E-state index contributed by atoms with van der Waals surface area (Å²) in [4.78, 5) is 2.40. The molecule has 3 nitrogen and oxygen atoms in total. The zero-order valence-corrected chi connectivity index (χ0v) is 8.52. The minimum atomic E-state index is -0.108. The van der Waals surface area contributed by atoms with E-state index in [2.05, 4.69) is 10.9 Å². The predicted molar refractivity (Wildman–Crippen MR) is 56.2 cm³/mol. The summed E-state index contributed by atoms with van der Waals surface area (Å²) in [6.45, 7) is 2.18. The number of nitrogens with zero attached hydrogens (tertiary/aromatic N) is 2. The molecule has 0 aliphatic carbocycles. The SMILES string of the molecule is N#CB1CCC(N2CCC(O)C2)CC1. The van der Waals surface area contributed by atoms with Crippen molar-refractivity contribution in [1.82, 2.24) is 4.90 Å². The number of hydrogen-bond donors (Lipinski definition) is 1. The van der Waals surface area contributed by atoms with Gasteiger partial charge in [-0.1, -0.05) is 12.6 Å². The van der Waals surface area contributed by atoms with E-state index in [1.807, 2.05) is 0 Å². The maximum atomic E-state index is 9.43. The second-order valence-corrected chi connectivity index (χ2v) is 4.57. The Morgan fingerprint density at radius 2 is 2.00 bits per heavy atom. The molecule has 0 aromatic rings. The van der Waals surface area contributed by atoms with Crippen molar-refractivity contribution in [2.75, 3.05) is 13.1 Å². The fraction of sp³-hybridized carbons (Fsp3) is 0.900. The van der Waals surface area contributed by atoms with Crippen LogP contribution >= 0.6 is 0 Å². The summed E-state index contributed by atoms with van der Waals surface area (Å²) in [5.74, 6) is 2.36. The molecule has 2 fully saturated rings. The van der Waals surface area contributed by atoms with Crippen molar-refractivity contribution in [3.8, 4) is 5.97 Å². The third-order valence-corrected chi connectivity index (χ3v) is 3.59. The lowest BCUT2D eigenvalue weighted by Gasteiger charge is -2.31. The summed E-state index contributed by atoms with van der Waals surface area (Å²) in [5, 5.41) is 18.2. The molecule has 0 aromatic carbocycles. The third-order valence-electron chi connectivity index (χ3n) is 3.59. The third kappa shape index (κ3) is 2.10. The van der Waals surface area contributed by atoms with E-state index in [0.29, 0.717) is 12.8 Å². The fourth-order valence-corrected chi connectivity index (χ4v) is 2.67. The molecule has 2 aliphatic heterocycles. The van der Waals surface area contributed by atoms with Gasteiger partial charge in [0, 0.05) is 25.1 Å². The fourth-order valence-electron chi connectivity index (χ4n) is 2.67. The molecule has 0 bridgehead atoms. The number of likely N-dealkylation sites (tertiary alicyclic amines) is 1. The Balaban J connectivity index is 1.81. The average molecular weight is 192 g/mol. The van der Waals surface area contributed by atoms with E-state index in [4.69, 9.17) is 5.26 Å². The van der Waals surface area contributed by atoms with E-state index in [-0.39, 0.29) is 6.10 Å². The molecule has 2 aliphatic rings. The lowest BCUT2D eigenvalue weighted by molar-refractivity contribution is 0.154. The second kappa shape index (κ2) is 4.33. The predicted octanol–water partition coefficient (Wildman–Crippen LogP) is 0.773. The van der Waals surface area contributed by atoms with Crippen LogP contribution in [-0.2, 0) is 0 Å². The summed E-state index contributed by atoms with van der Waals surface area (Å²) < 4.78 is 0. The highest BCUT2D eigenvalue weighted by Gasteiger charge is 2.31. The average Bonchev–Trinajstić information content (AvgIpc) is 2.65. The van der Waals surface area contributed by atoms with Gasteiger partial charge in [-0.15, -0.1) is 0 Å². The van der Waals surface area contributed by atoms with Crippen LogP contribution in [0, 0.1) is 11.2 Å². The Bertz CT molecular complexity index is 233. The number of rotatable bonds is 1. The zero-order valence-electron chi connectivity index (χ0n) is 8.52. The van der Waals surface area contributed by atoms with E-state index in [1.165, 1.54) is 0 Å². The summed E-state index contributed by atoms with van der Waals surface area (Å²) in [5.41, 5.74) is 0. The largest absolute Gasteiger partial charge is 0.392 e. The molecule has 2 saturated heterocycles. The van der Waals surface area contributed by atoms with Gasteiger partial charge in [0.25, 0.3) is 6.71 Å². The minimum absolute atomic E-state index is 0.108. The quantitative estimate of drug-likeness (QED) is 0.624. The van der Waals surface area contributed by atoms with Crippen LogP contribution in [0.1, 0.15) is 19.3 Å². The van der Waals surface area contributed by atoms with Gasteiger partial charge in [-0.05, 0) is 19.3 Å². The summed E-state index contributed by atoms with van der Waals surface area (Å²) in [6.07, 6.45) is 5.21. The van der Waals surface area contributed by atoms with Crippen molar-refractivity contribution in [3.05, 3.63) is 0 Å². The van der Waals surface area contributed by atoms with Gasteiger partial charge in [0.1, 0.15) is 0 Å². The molecule has 2 rings (SSSR count). The van der Waals surface area contributed by atoms with Crippen LogP contribution < -0.4 is 0 Å². The van der Waals surface area contributed by atoms with Gasteiger partial charge in [0.15, 0.2) is 0 Å². The first kappa shape index (κ1) is 10.0. The Morgan fingerprint density at radius 3 is 2.50 bits per heavy atom. The topological polar surface area (TPSA) is 47.3 Å². The first-order valence-corrected chi connectivity index (χ1v) is 5.61. The minimum Gasteiger partial charge on any atom is -0.392 e. The van der Waals surface area contributed by atoms with Crippen LogP contribution in [0.25, 0.3) is 0 Å². The highest BCUT2D eigenvalue weighted by molar-refractivity contribution is 6.67. The van der Waals surface area contributed by atoms with Gasteiger partial charge in [0.2, 0.25) is 0 Å². The maximum Gasteiger partial charge on any atom is 0.267 e. The number of nitriles is 1. The van der Waals surface area contributed by atoms with Gasteiger partial charge < -0.3 is 5.11 Å². The summed E-state index contributed by atoms with van der Waals surface area (Å²) in [7, 11) is 0. The van der Waals surface area contributed by atoms with E-state index >= 15 is 0 Å². The molecule has 2 heterocycles. The monoisotopic (exact) mass is 192 g/mol. The Hall–Kier alpha value is -0.525. The van der Waals surface area contributed by atoms with Gasteiger partial charge in [-0.3, -0.25) is 4.90 Å². The number of aliphatic hydroxyl groups is 1. The van der Waals surface area contributed by atoms with E-state index in [9.17, 15) is 5.11 Å². The van der Waals surface area contributed by atoms with Gasteiger partial charge in [-0.2, -0.15) is 0 Å². The van der Waals surface area contributed by atoms with Crippen molar-refractivity contribution in [1.29, 1.82) is 5.26 Å². The molecule has 76 valence electrons. The lowest BCUT2D eigenvalue weighted by Crippen LogP contribution is -2.38. The molecule has 0 radical (unpaired) electrons. The van der Waals surface area contributed by atoms with E-state index in [0.717, 1.165) is 45.0 Å². The Morgan fingerprint density at radius 1 is 1.29 bits per heavy atom. The van der Waals surface area contributed by atoms with Crippen LogP contribution in [0.5, 0.6) is 0 Å². The summed E-state index contributed by atoms with van der Waals surface area (Å²) >= 11 is 0. The molecule has 0 spiro atoms. The molecule has 0 saturated carbocycles. The first-order chi connectivity index (χ1) is 6.79. The van der Waals surface area contributed by atoms with E-state index in [1.54, 1.807) is 0 Å². The normalized spacial score (nSPS) is 30.6. The van der Waals surface area contributed by atoms with Gasteiger partial charge in [0.05, 0.1) is 6.10 Å². The molecule has 1 N–H and O–H groups in total. The second-order valence-electron chi connectivity index (χ2n) is 4.57. The number of hydrogen-bond acceptors (Lipinski definition) is 3.